The third-order valence-corrected chi connectivity index (χ3v) is 3.53. The number of halogens is 1. The maximum Gasteiger partial charge on any atom is 0.123 e. The van der Waals surface area contributed by atoms with E-state index in [0.29, 0.717) is 0 Å². The minimum absolute atomic E-state index is 0.0813. The van der Waals surface area contributed by atoms with Gasteiger partial charge in [0.25, 0.3) is 0 Å². The molecule has 1 unspecified atom stereocenters. The number of rotatable bonds is 4. The number of hydrogen-bond acceptors (Lipinski definition) is 2. The summed E-state index contributed by atoms with van der Waals surface area (Å²) in [6, 6.07) is 15.0. The highest BCUT2D eigenvalue weighted by Gasteiger charge is 2.06. The van der Waals surface area contributed by atoms with Crippen LogP contribution in [-0.4, -0.2) is 6.26 Å². The molecule has 0 heterocycles. The maximum atomic E-state index is 13.2. The van der Waals surface area contributed by atoms with E-state index in [1.807, 2.05) is 25.1 Å². The van der Waals surface area contributed by atoms with Crippen molar-refractivity contribution in [3.63, 3.8) is 0 Å². The van der Waals surface area contributed by atoms with E-state index in [2.05, 4.69) is 23.7 Å². The molecule has 0 aromatic heterocycles. The molecule has 0 aliphatic carbocycles. The van der Waals surface area contributed by atoms with Gasteiger partial charge in [-0.15, -0.1) is 11.8 Å². The Kier molecular flexibility index (Phi) is 4.26. The maximum absolute atomic E-state index is 13.2. The second kappa shape index (κ2) is 5.91. The number of thioether (sulfide) groups is 1. The van der Waals surface area contributed by atoms with E-state index in [-0.39, 0.29) is 11.9 Å². The van der Waals surface area contributed by atoms with Crippen LogP contribution in [0.4, 0.5) is 10.1 Å². The first-order chi connectivity index (χ1) is 8.69. The lowest BCUT2D eigenvalue weighted by Gasteiger charge is -2.16. The van der Waals surface area contributed by atoms with E-state index in [1.54, 1.807) is 23.9 Å². The van der Waals surface area contributed by atoms with Gasteiger partial charge in [0.05, 0.1) is 0 Å². The van der Waals surface area contributed by atoms with Crippen molar-refractivity contribution in [2.24, 2.45) is 0 Å². The van der Waals surface area contributed by atoms with E-state index >= 15 is 0 Å². The second-order valence-electron chi connectivity index (χ2n) is 4.15. The summed E-state index contributed by atoms with van der Waals surface area (Å²) in [5.74, 6) is -0.195. The highest BCUT2D eigenvalue weighted by atomic mass is 32.2. The van der Waals surface area contributed by atoms with Crippen LogP contribution in [0, 0.1) is 5.82 Å². The molecular weight excluding hydrogens is 245 g/mol. The Balaban J connectivity index is 2.13. The number of nitrogens with one attached hydrogen (secondary N) is 1. The zero-order valence-electron chi connectivity index (χ0n) is 10.5. The molecule has 1 atom stereocenters. The Morgan fingerprint density at radius 3 is 2.61 bits per heavy atom. The van der Waals surface area contributed by atoms with Crippen molar-refractivity contribution >= 4 is 17.4 Å². The smallest absolute Gasteiger partial charge is 0.123 e. The zero-order chi connectivity index (χ0) is 13.0. The average Bonchev–Trinajstić information content (AvgIpc) is 2.39. The molecule has 2 rings (SSSR count). The van der Waals surface area contributed by atoms with Crippen LogP contribution < -0.4 is 5.32 Å². The third-order valence-electron chi connectivity index (χ3n) is 2.80. The van der Waals surface area contributed by atoms with Gasteiger partial charge < -0.3 is 5.32 Å². The number of anilines is 1. The van der Waals surface area contributed by atoms with Crippen LogP contribution in [0.2, 0.25) is 0 Å². The van der Waals surface area contributed by atoms with E-state index in [1.165, 1.54) is 11.0 Å². The van der Waals surface area contributed by atoms with Gasteiger partial charge >= 0.3 is 0 Å². The average molecular weight is 261 g/mol. The summed E-state index contributed by atoms with van der Waals surface area (Å²) >= 11 is 1.71. The van der Waals surface area contributed by atoms with Crippen molar-refractivity contribution in [3.05, 3.63) is 59.9 Å². The highest BCUT2D eigenvalue weighted by Crippen LogP contribution is 2.23. The van der Waals surface area contributed by atoms with E-state index in [0.717, 1.165) is 11.3 Å². The molecule has 0 bridgehead atoms. The van der Waals surface area contributed by atoms with E-state index in [9.17, 15) is 4.39 Å². The predicted octanol–water partition coefficient (Wildman–Crippen LogP) is 4.72. The monoisotopic (exact) mass is 261 g/mol. The quantitative estimate of drug-likeness (QED) is 0.799. The molecule has 0 saturated carbocycles. The molecular formula is C15H16FNS. The topological polar surface area (TPSA) is 12.0 Å². The number of hydrogen-bond donors (Lipinski definition) is 1. The van der Waals surface area contributed by atoms with Gasteiger partial charge in [-0.25, -0.2) is 4.39 Å². The molecule has 18 heavy (non-hydrogen) atoms. The summed E-state index contributed by atoms with van der Waals surface area (Å²) in [5, 5.41) is 3.38. The lowest BCUT2D eigenvalue weighted by atomic mass is 10.1. The second-order valence-corrected chi connectivity index (χ2v) is 5.03. The molecule has 2 aromatic rings. The first-order valence-corrected chi connectivity index (χ1v) is 7.07. The fraction of sp³-hybridized carbons (Fsp3) is 0.200. The molecule has 0 radical (unpaired) electrons. The first kappa shape index (κ1) is 13.0. The number of benzene rings is 2. The fourth-order valence-corrected chi connectivity index (χ4v) is 2.28. The Bertz CT molecular complexity index is 527. The minimum Gasteiger partial charge on any atom is -0.378 e. The fourth-order valence-electron chi connectivity index (χ4n) is 1.82. The molecule has 0 spiro atoms. The molecule has 94 valence electrons. The van der Waals surface area contributed by atoms with Crippen LogP contribution in [0.5, 0.6) is 0 Å². The molecule has 0 fully saturated rings. The molecule has 0 saturated heterocycles. The third kappa shape index (κ3) is 3.26. The van der Waals surface area contributed by atoms with Gasteiger partial charge in [0.1, 0.15) is 5.82 Å². The van der Waals surface area contributed by atoms with Crippen LogP contribution in [0.3, 0.4) is 0 Å². The Morgan fingerprint density at radius 1 is 1.11 bits per heavy atom. The summed E-state index contributed by atoms with van der Waals surface area (Å²) in [4.78, 5) is 1.21. The van der Waals surface area contributed by atoms with Crippen molar-refractivity contribution in [1.29, 1.82) is 0 Å². The Labute approximate surface area is 111 Å². The van der Waals surface area contributed by atoms with Gasteiger partial charge in [-0.05, 0) is 49.1 Å². The van der Waals surface area contributed by atoms with Gasteiger partial charge in [-0.3, -0.25) is 0 Å². The van der Waals surface area contributed by atoms with Crippen LogP contribution >= 0.6 is 11.8 Å². The summed E-state index contributed by atoms with van der Waals surface area (Å²) in [7, 11) is 0. The van der Waals surface area contributed by atoms with Gasteiger partial charge in [0, 0.05) is 16.6 Å². The lowest BCUT2D eigenvalue weighted by molar-refractivity contribution is 0.623. The first-order valence-electron chi connectivity index (χ1n) is 5.85. The predicted molar refractivity (Wildman–Crippen MR) is 76.7 cm³/mol. The largest absolute Gasteiger partial charge is 0.378 e. The molecule has 0 aliphatic rings. The van der Waals surface area contributed by atoms with Crippen molar-refractivity contribution in [2.45, 2.75) is 17.9 Å². The summed E-state index contributed by atoms with van der Waals surface area (Å²) in [5.41, 5.74) is 2.00. The standard InChI is InChI=1S/C15H16FNS/c1-11(12-5-3-6-13(16)9-12)17-14-7-4-8-15(10-14)18-2/h3-11,17H,1-2H3. The highest BCUT2D eigenvalue weighted by molar-refractivity contribution is 7.98. The Hall–Kier alpha value is -1.48. The van der Waals surface area contributed by atoms with Crippen LogP contribution in [0.1, 0.15) is 18.5 Å². The van der Waals surface area contributed by atoms with Gasteiger partial charge in [-0.1, -0.05) is 18.2 Å². The van der Waals surface area contributed by atoms with Crippen LogP contribution in [0.15, 0.2) is 53.4 Å². The molecule has 3 heteroatoms. The Morgan fingerprint density at radius 2 is 1.89 bits per heavy atom. The van der Waals surface area contributed by atoms with Gasteiger partial charge in [-0.2, -0.15) is 0 Å². The van der Waals surface area contributed by atoms with E-state index < -0.39 is 0 Å². The van der Waals surface area contributed by atoms with Crippen LogP contribution in [0.25, 0.3) is 0 Å². The SMILES string of the molecule is CSc1cccc(NC(C)c2cccc(F)c2)c1. The molecule has 0 amide bonds. The zero-order valence-corrected chi connectivity index (χ0v) is 11.3. The van der Waals surface area contributed by atoms with Crippen molar-refractivity contribution in [2.75, 3.05) is 11.6 Å². The van der Waals surface area contributed by atoms with Crippen molar-refractivity contribution in [1.82, 2.24) is 0 Å². The molecule has 1 N–H and O–H groups in total. The molecule has 1 nitrogen and oxygen atoms in total. The van der Waals surface area contributed by atoms with Crippen molar-refractivity contribution < 1.29 is 4.39 Å². The molecule has 2 aromatic carbocycles. The lowest BCUT2D eigenvalue weighted by Crippen LogP contribution is -2.06. The van der Waals surface area contributed by atoms with Gasteiger partial charge in [0.15, 0.2) is 0 Å². The van der Waals surface area contributed by atoms with Crippen molar-refractivity contribution in [3.8, 4) is 0 Å². The summed E-state index contributed by atoms with van der Waals surface area (Å²) in [6.07, 6.45) is 2.05. The summed E-state index contributed by atoms with van der Waals surface area (Å²) < 4.78 is 13.2. The molecule has 0 aliphatic heterocycles. The van der Waals surface area contributed by atoms with Crippen LogP contribution in [-0.2, 0) is 0 Å². The van der Waals surface area contributed by atoms with Gasteiger partial charge in [0.2, 0.25) is 0 Å². The normalized spacial score (nSPS) is 12.2. The summed E-state index contributed by atoms with van der Waals surface area (Å²) in [6.45, 7) is 2.03. The van der Waals surface area contributed by atoms with E-state index in [4.69, 9.17) is 0 Å². The minimum atomic E-state index is -0.195.